The van der Waals surface area contributed by atoms with E-state index in [4.69, 9.17) is 9.72 Å². The van der Waals surface area contributed by atoms with Crippen molar-refractivity contribution in [2.75, 3.05) is 19.7 Å². The summed E-state index contributed by atoms with van der Waals surface area (Å²) in [6, 6.07) is 15.8. The number of hydrogen-bond donors (Lipinski definition) is 0. The maximum absolute atomic E-state index is 12.8. The van der Waals surface area contributed by atoms with Crippen molar-refractivity contribution in [1.82, 2.24) is 14.9 Å². The fraction of sp³-hybridized carbons (Fsp3) is 0.308. The number of piperidine rings is 1. The molecule has 0 spiro atoms. The van der Waals surface area contributed by atoms with E-state index >= 15 is 0 Å². The van der Waals surface area contributed by atoms with Gasteiger partial charge in [0.25, 0.3) is 5.91 Å². The monoisotopic (exact) mass is 459 g/mol. The van der Waals surface area contributed by atoms with Crippen LogP contribution in [0.3, 0.4) is 0 Å². The van der Waals surface area contributed by atoms with Crippen LogP contribution >= 0.6 is 11.3 Å². The Morgan fingerprint density at radius 2 is 1.94 bits per heavy atom. The number of benzene rings is 2. The van der Waals surface area contributed by atoms with Crippen LogP contribution in [-0.2, 0) is 9.53 Å². The second-order valence-electron chi connectivity index (χ2n) is 8.59. The van der Waals surface area contributed by atoms with Gasteiger partial charge in [0.05, 0.1) is 32.0 Å². The largest absolute Gasteiger partial charge is 0.452 e. The standard InChI is InChI=1S/C26H25N3O3S/c1-16-9-10-21-19(12-16)13-20(17(2)27-21)26(31)32-15-24(30)29-11-5-6-18(14-29)25-28-22-7-3-4-8-23(22)33-25/h3-4,7-10,12-13,18H,5-6,11,14-15H2,1-2H3. The Labute approximate surface area is 196 Å². The first kappa shape index (κ1) is 21.5. The Balaban J connectivity index is 1.24. The molecule has 1 aliphatic heterocycles. The van der Waals surface area contributed by atoms with Gasteiger partial charge in [-0.25, -0.2) is 9.78 Å². The zero-order valence-electron chi connectivity index (χ0n) is 18.7. The van der Waals surface area contributed by atoms with Crippen molar-refractivity contribution in [3.05, 3.63) is 70.4 Å². The number of thiazole rings is 1. The summed E-state index contributed by atoms with van der Waals surface area (Å²) in [6.45, 7) is 4.79. The molecule has 7 heteroatoms. The number of fused-ring (bicyclic) bond motifs is 2. The molecule has 2 aromatic carbocycles. The van der Waals surface area contributed by atoms with E-state index in [1.165, 1.54) is 4.70 Å². The highest BCUT2D eigenvalue weighted by Gasteiger charge is 2.27. The van der Waals surface area contributed by atoms with Crippen LogP contribution in [0.1, 0.15) is 45.4 Å². The quantitative estimate of drug-likeness (QED) is 0.401. The normalized spacial score (nSPS) is 16.3. The van der Waals surface area contributed by atoms with E-state index in [-0.39, 0.29) is 18.4 Å². The zero-order valence-corrected chi connectivity index (χ0v) is 19.5. The lowest BCUT2D eigenvalue weighted by molar-refractivity contribution is -0.135. The van der Waals surface area contributed by atoms with Crippen molar-refractivity contribution in [2.24, 2.45) is 0 Å². The summed E-state index contributed by atoms with van der Waals surface area (Å²) in [5.41, 5.74) is 3.92. The average molecular weight is 460 g/mol. The molecule has 1 aliphatic rings. The second kappa shape index (κ2) is 8.90. The van der Waals surface area contributed by atoms with Gasteiger partial charge in [0, 0.05) is 24.4 Å². The number of likely N-dealkylation sites (tertiary alicyclic amines) is 1. The fourth-order valence-electron chi connectivity index (χ4n) is 4.37. The minimum absolute atomic E-state index is 0.170. The van der Waals surface area contributed by atoms with Crippen LogP contribution in [0, 0.1) is 13.8 Å². The van der Waals surface area contributed by atoms with E-state index < -0.39 is 5.97 Å². The number of hydrogen-bond acceptors (Lipinski definition) is 6. The molecular weight excluding hydrogens is 434 g/mol. The highest BCUT2D eigenvalue weighted by atomic mass is 32.1. The Morgan fingerprint density at radius 1 is 1.09 bits per heavy atom. The summed E-state index contributed by atoms with van der Waals surface area (Å²) in [7, 11) is 0. The third-order valence-corrected chi connectivity index (χ3v) is 7.34. The van der Waals surface area contributed by atoms with E-state index in [9.17, 15) is 9.59 Å². The van der Waals surface area contributed by atoms with E-state index in [1.54, 1.807) is 29.2 Å². The second-order valence-corrected chi connectivity index (χ2v) is 9.65. The van der Waals surface area contributed by atoms with Gasteiger partial charge in [-0.05, 0) is 57.0 Å². The SMILES string of the molecule is Cc1ccc2nc(C)c(C(=O)OCC(=O)N3CCCC(c4nc5ccccc5s4)C3)cc2c1. The molecule has 0 radical (unpaired) electrons. The van der Waals surface area contributed by atoms with Gasteiger partial charge in [-0.2, -0.15) is 0 Å². The van der Waals surface area contributed by atoms with E-state index in [2.05, 4.69) is 11.1 Å². The molecule has 1 saturated heterocycles. The number of para-hydroxylation sites is 1. The van der Waals surface area contributed by atoms with E-state index in [0.717, 1.165) is 39.8 Å². The van der Waals surface area contributed by atoms with Crippen molar-refractivity contribution in [1.29, 1.82) is 0 Å². The lowest BCUT2D eigenvalue weighted by Gasteiger charge is -2.31. The zero-order chi connectivity index (χ0) is 22.9. The molecule has 5 rings (SSSR count). The molecule has 1 amide bonds. The first-order valence-corrected chi connectivity index (χ1v) is 12.0. The molecule has 0 aliphatic carbocycles. The van der Waals surface area contributed by atoms with Gasteiger partial charge < -0.3 is 9.64 Å². The van der Waals surface area contributed by atoms with Crippen molar-refractivity contribution in [3.63, 3.8) is 0 Å². The number of aromatic nitrogens is 2. The highest BCUT2D eigenvalue weighted by molar-refractivity contribution is 7.18. The van der Waals surface area contributed by atoms with Crippen LogP contribution in [0.25, 0.3) is 21.1 Å². The Morgan fingerprint density at radius 3 is 2.79 bits per heavy atom. The van der Waals surface area contributed by atoms with Gasteiger partial charge in [-0.15, -0.1) is 11.3 Å². The Bertz CT molecular complexity index is 1330. The van der Waals surface area contributed by atoms with Gasteiger partial charge in [-0.3, -0.25) is 9.78 Å². The van der Waals surface area contributed by atoms with E-state index in [1.807, 2.05) is 43.3 Å². The number of amides is 1. The van der Waals surface area contributed by atoms with Crippen molar-refractivity contribution >= 4 is 44.3 Å². The Kier molecular flexibility index (Phi) is 5.81. The third-order valence-electron chi connectivity index (χ3n) is 6.14. The van der Waals surface area contributed by atoms with Crippen molar-refractivity contribution in [2.45, 2.75) is 32.6 Å². The first-order chi connectivity index (χ1) is 16.0. The molecule has 0 saturated carbocycles. The van der Waals surface area contributed by atoms with Crippen LogP contribution in [0.2, 0.25) is 0 Å². The number of ether oxygens (including phenoxy) is 1. The predicted molar refractivity (Wildman–Crippen MR) is 130 cm³/mol. The molecular formula is C26H25N3O3S. The third kappa shape index (κ3) is 4.46. The molecule has 33 heavy (non-hydrogen) atoms. The molecule has 0 bridgehead atoms. The smallest absolute Gasteiger partial charge is 0.340 e. The van der Waals surface area contributed by atoms with Gasteiger partial charge in [0.1, 0.15) is 0 Å². The topological polar surface area (TPSA) is 72.4 Å². The summed E-state index contributed by atoms with van der Waals surface area (Å²) in [6.07, 6.45) is 1.91. The molecule has 4 aromatic rings. The van der Waals surface area contributed by atoms with Crippen molar-refractivity contribution in [3.8, 4) is 0 Å². The van der Waals surface area contributed by atoms with E-state index in [0.29, 0.717) is 24.3 Å². The lowest BCUT2D eigenvalue weighted by atomic mass is 9.99. The summed E-state index contributed by atoms with van der Waals surface area (Å²) in [4.78, 5) is 36.6. The van der Waals surface area contributed by atoms with Gasteiger partial charge >= 0.3 is 5.97 Å². The minimum Gasteiger partial charge on any atom is -0.452 e. The summed E-state index contributed by atoms with van der Waals surface area (Å²) in [5.74, 6) is -0.473. The van der Waals surface area contributed by atoms with Crippen LogP contribution in [0.5, 0.6) is 0 Å². The highest BCUT2D eigenvalue weighted by Crippen LogP contribution is 2.33. The van der Waals surface area contributed by atoms with Gasteiger partial charge in [-0.1, -0.05) is 23.8 Å². The molecule has 1 fully saturated rings. The van der Waals surface area contributed by atoms with Crippen LogP contribution < -0.4 is 0 Å². The predicted octanol–water partition coefficient (Wildman–Crippen LogP) is 5.02. The van der Waals surface area contributed by atoms with Crippen LogP contribution in [0.15, 0.2) is 48.5 Å². The summed E-state index contributed by atoms with van der Waals surface area (Å²) >= 11 is 1.70. The lowest BCUT2D eigenvalue weighted by Crippen LogP contribution is -2.41. The average Bonchev–Trinajstić information content (AvgIpc) is 3.27. The molecule has 168 valence electrons. The van der Waals surface area contributed by atoms with Crippen LogP contribution in [-0.4, -0.2) is 46.4 Å². The van der Waals surface area contributed by atoms with Crippen molar-refractivity contribution < 1.29 is 14.3 Å². The summed E-state index contributed by atoms with van der Waals surface area (Å²) < 4.78 is 6.58. The summed E-state index contributed by atoms with van der Waals surface area (Å²) in [5, 5.41) is 1.95. The molecule has 6 nitrogen and oxygen atoms in total. The molecule has 2 aromatic heterocycles. The van der Waals surface area contributed by atoms with Gasteiger partial charge in [0.15, 0.2) is 6.61 Å². The number of aryl methyl sites for hydroxylation is 2. The molecule has 1 atom stereocenters. The fourth-order valence-corrected chi connectivity index (χ4v) is 5.46. The number of nitrogens with zero attached hydrogens (tertiary/aromatic N) is 3. The minimum atomic E-state index is -0.517. The van der Waals surface area contributed by atoms with Gasteiger partial charge in [0.2, 0.25) is 0 Å². The number of carbonyl (C=O) groups excluding carboxylic acids is 2. The first-order valence-electron chi connectivity index (χ1n) is 11.2. The van der Waals surface area contributed by atoms with Crippen LogP contribution in [0.4, 0.5) is 0 Å². The number of esters is 1. The number of rotatable bonds is 4. The molecule has 3 heterocycles. The molecule has 1 unspecified atom stereocenters. The molecule has 0 N–H and O–H groups in total. The number of carbonyl (C=O) groups is 2. The number of pyridine rings is 1. The maximum atomic E-state index is 12.8. The maximum Gasteiger partial charge on any atom is 0.340 e. The Hall–Kier alpha value is -3.32.